The summed E-state index contributed by atoms with van der Waals surface area (Å²) in [6.45, 7) is 10.7. The standard InChI is InChI=1S/C17H28N2O2/c1-3-21-12-11-19-10-9-18(13-15(19)2)14-17(20)16-7-5-4-6-8-16/h4-8,15,17,20H,3,9-14H2,1-2H3/t15-,17+/m1/s1. The zero-order valence-corrected chi connectivity index (χ0v) is 13.2. The summed E-state index contributed by atoms with van der Waals surface area (Å²) < 4.78 is 5.44. The first-order valence-corrected chi connectivity index (χ1v) is 7.98. The Morgan fingerprint density at radius 3 is 2.71 bits per heavy atom. The van der Waals surface area contributed by atoms with Gasteiger partial charge < -0.3 is 9.84 Å². The highest BCUT2D eigenvalue weighted by Crippen LogP contribution is 2.16. The van der Waals surface area contributed by atoms with Crippen LogP contribution in [0.5, 0.6) is 0 Å². The third kappa shape index (κ3) is 5.08. The van der Waals surface area contributed by atoms with Crippen LogP contribution in [-0.2, 0) is 4.74 Å². The van der Waals surface area contributed by atoms with Crippen molar-refractivity contribution in [2.24, 2.45) is 0 Å². The van der Waals surface area contributed by atoms with E-state index in [1.54, 1.807) is 0 Å². The van der Waals surface area contributed by atoms with Crippen molar-refractivity contribution < 1.29 is 9.84 Å². The Labute approximate surface area is 128 Å². The average Bonchev–Trinajstić information content (AvgIpc) is 2.50. The lowest BCUT2D eigenvalue weighted by Crippen LogP contribution is -2.53. The first-order valence-electron chi connectivity index (χ1n) is 7.98. The van der Waals surface area contributed by atoms with Gasteiger partial charge in [0.15, 0.2) is 0 Å². The third-order valence-electron chi connectivity index (χ3n) is 4.19. The van der Waals surface area contributed by atoms with E-state index in [0.29, 0.717) is 12.6 Å². The molecule has 1 fully saturated rings. The summed E-state index contributed by atoms with van der Waals surface area (Å²) in [6.07, 6.45) is -0.395. The molecule has 2 rings (SSSR count). The van der Waals surface area contributed by atoms with E-state index in [-0.39, 0.29) is 0 Å². The predicted octanol–water partition coefficient (Wildman–Crippen LogP) is 1.76. The topological polar surface area (TPSA) is 35.9 Å². The molecule has 1 aromatic carbocycles. The lowest BCUT2D eigenvalue weighted by molar-refractivity contribution is 0.0280. The first-order chi connectivity index (χ1) is 10.2. The van der Waals surface area contributed by atoms with Crippen LogP contribution >= 0.6 is 0 Å². The van der Waals surface area contributed by atoms with E-state index in [1.165, 1.54) is 0 Å². The smallest absolute Gasteiger partial charge is 0.0916 e. The van der Waals surface area contributed by atoms with Crippen LogP contribution in [-0.4, -0.2) is 66.9 Å². The second-order valence-electron chi connectivity index (χ2n) is 5.77. The minimum atomic E-state index is -0.395. The number of β-amino-alcohol motifs (C(OH)–C–C–N with tert-alkyl or cyclic N) is 1. The van der Waals surface area contributed by atoms with Gasteiger partial charge >= 0.3 is 0 Å². The average molecular weight is 292 g/mol. The molecular formula is C17H28N2O2. The SMILES string of the molecule is CCOCCN1CCN(C[C@H](O)c2ccccc2)C[C@H]1C. The van der Waals surface area contributed by atoms with Gasteiger partial charge in [-0.15, -0.1) is 0 Å². The van der Waals surface area contributed by atoms with Gasteiger partial charge in [-0.05, 0) is 19.4 Å². The highest BCUT2D eigenvalue weighted by Gasteiger charge is 2.24. The van der Waals surface area contributed by atoms with Crippen molar-refractivity contribution in [3.8, 4) is 0 Å². The van der Waals surface area contributed by atoms with Gasteiger partial charge in [0.25, 0.3) is 0 Å². The summed E-state index contributed by atoms with van der Waals surface area (Å²) in [5, 5.41) is 10.3. The van der Waals surface area contributed by atoms with Crippen molar-refractivity contribution in [3.05, 3.63) is 35.9 Å². The molecule has 0 spiro atoms. The number of aliphatic hydroxyl groups is 1. The number of hydrogen-bond acceptors (Lipinski definition) is 4. The molecule has 0 aliphatic carbocycles. The maximum absolute atomic E-state index is 10.3. The second-order valence-corrected chi connectivity index (χ2v) is 5.77. The molecule has 1 heterocycles. The number of nitrogens with zero attached hydrogens (tertiary/aromatic N) is 2. The zero-order valence-electron chi connectivity index (χ0n) is 13.2. The normalized spacial score (nSPS) is 22.3. The van der Waals surface area contributed by atoms with Crippen LogP contribution in [0.25, 0.3) is 0 Å². The van der Waals surface area contributed by atoms with Crippen LogP contribution < -0.4 is 0 Å². The molecule has 118 valence electrons. The van der Waals surface area contributed by atoms with E-state index < -0.39 is 6.10 Å². The van der Waals surface area contributed by atoms with Gasteiger partial charge in [0.05, 0.1) is 12.7 Å². The van der Waals surface area contributed by atoms with Gasteiger partial charge in [-0.2, -0.15) is 0 Å². The molecule has 0 bridgehead atoms. The summed E-state index contributed by atoms with van der Waals surface area (Å²) in [5.41, 5.74) is 1.00. The molecule has 1 aromatic rings. The van der Waals surface area contributed by atoms with Gasteiger partial charge in [-0.25, -0.2) is 0 Å². The molecule has 0 amide bonds. The Morgan fingerprint density at radius 1 is 1.29 bits per heavy atom. The van der Waals surface area contributed by atoms with Crippen LogP contribution in [0.2, 0.25) is 0 Å². The molecule has 4 nitrogen and oxygen atoms in total. The fourth-order valence-corrected chi connectivity index (χ4v) is 2.92. The minimum absolute atomic E-state index is 0.395. The summed E-state index contributed by atoms with van der Waals surface area (Å²) in [5.74, 6) is 0. The van der Waals surface area contributed by atoms with Crippen LogP contribution in [0.15, 0.2) is 30.3 Å². The predicted molar refractivity (Wildman–Crippen MR) is 85.4 cm³/mol. The molecule has 21 heavy (non-hydrogen) atoms. The van der Waals surface area contributed by atoms with Gasteiger partial charge in [0.2, 0.25) is 0 Å². The van der Waals surface area contributed by atoms with Gasteiger partial charge in [0, 0.05) is 45.4 Å². The lowest BCUT2D eigenvalue weighted by atomic mass is 10.1. The van der Waals surface area contributed by atoms with Crippen molar-refractivity contribution in [2.45, 2.75) is 26.0 Å². The van der Waals surface area contributed by atoms with Crippen LogP contribution in [0, 0.1) is 0 Å². The van der Waals surface area contributed by atoms with Gasteiger partial charge in [0.1, 0.15) is 0 Å². The van der Waals surface area contributed by atoms with Crippen LogP contribution in [0.1, 0.15) is 25.5 Å². The van der Waals surface area contributed by atoms with Crippen molar-refractivity contribution in [3.63, 3.8) is 0 Å². The molecule has 4 heteroatoms. The summed E-state index contributed by atoms with van der Waals surface area (Å²) in [7, 11) is 0. The van der Waals surface area contributed by atoms with E-state index in [9.17, 15) is 5.11 Å². The monoisotopic (exact) mass is 292 g/mol. The van der Waals surface area contributed by atoms with Crippen molar-refractivity contribution in [1.29, 1.82) is 0 Å². The maximum atomic E-state index is 10.3. The molecule has 0 unspecified atom stereocenters. The number of piperazine rings is 1. The fourth-order valence-electron chi connectivity index (χ4n) is 2.92. The van der Waals surface area contributed by atoms with E-state index in [4.69, 9.17) is 4.74 Å². The van der Waals surface area contributed by atoms with E-state index >= 15 is 0 Å². The maximum Gasteiger partial charge on any atom is 0.0916 e. The number of ether oxygens (including phenoxy) is 1. The third-order valence-corrected chi connectivity index (χ3v) is 4.19. The number of rotatable bonds is 7. The fraction of sp³-hybridized carbons (Fsp3) is 0.647. The molecule has 1 saturated heterocycles. The number of benzene rings is 1. The highest BCUT2D eigenvalue weighted by atomic mass is 16.5. The van der Waals surface area contributed by atoms with Gasteiger partial charge in [-0.1, -0.05) is 30.3 Å². The summed E-state index contributed by atoms with van der Waals surface area (Å²) >= 11 is 0. The quantitative estimate of drug-likeness (QED) is 0.777. The number of hydrogen-bond donors (Lipinski definition) is 1. The van der Waals surface area contributed by atoms with Crippen LogP contribution in [0.3, 0.4) is 0 Å². The van der Waals surface area contributed by atoms with Crippen molar-refractivity contribution in [1.82, 2.24) is 9.80 Å². The number of aliphatic hydroxyl groups excluding tert-OH is 1. The molecule has 1 aliphatic heterocycles. The zero-order chi connectivity index (χ0) is 15.1. The Hall–Kier alpha value is -0.940. The minimum Gasteiger partial charge on any atom is -0.387 e. The van der Waals surface area contributed by atoms with E-state index in [2.05, 4.69) is 16.7 Å². The Balaban J connectivity index is 1.77. The van der Waals surface area contributed by atoms with Crippen molar-refractivity contribution in [2.75, 3.05) is 45.9 Å². The molecular weight excluding hydrogens is 264 g/mol. The molecule has 0 saturated carbocycles. The lowest BCUT2D eigenvalue weighted by Gasteiger charge is -2.40. The van der Waals surface area contributed by atoms with Gasteiger partial charge in [-0.3, -0.25) is 9.80 Å². The molecule has 0 aromatic heterocycles. The largest absolute Gasteiger partial charge is 0.387 e. The summed E-state index contributed by atoms with van der Waals surface area (Å²) in [6, 6.07) is 10.4. The summed E-state index contributed by atoms with van der Waals surface area (Å²) in [4.78, 5) is 4.83. The van der Waals surface area contributed by atoms with E-state index in [1.807, 2.05) is 37.3 Å². The molecule has 0 radical (unpaired) electrons. The molecule has 1 aliphatic rings. The molecule has 1 N–H and O–H groups in total. The Bertz CT molecular complexity index is 399. The Morgan fingerprint density at radius 2 is 2.05 bits per heavy atom. The Kier molecular flexibility index (Phi) is 6.64. The molecule has 2 atom stereocenters. The highest BCUT2D eigenvalue weighted by molar-refractivity contribution is 5.17. The first kappa shape index (κ1) is 16.4. The second kappa shape index (κ2) is 8.49. The van der Waals surface area contributed by atoms with E-state index in [0.717, 1.165) is 45.0 Å². The van der Waals surface area contributed by atoms with Crippen LogP contribution in [0.4, 0.5) is 0 Å². The van der Waals surface area contributed by atoms with Crippen molar-refractivity contribution >= 4 is 0 Å².